The Bertz CT molecular complexity index is 350. The van der Waals surface area contributed by atoms with Crippen LogP contribution < -0.4 is 0 Å². The van der Waals surface area contributed by atoms with E-state index in [1.165, 1.54) is 19.2 Å². The molecule has 1 aromatic rings. The Kier molecular flexibility index (Phi) is 4.37. The number of carbonyl (C=O) groups is 1. The van der Waals surface area contributed by atoms with Crippen LogP contribution in [0.25, 0.3) is 0 Å². The summed E-state index contributed by atoms with van der Waals surface area (Å²) in [4.78, 5) is 11.1. The lowest BCUT2D eigenvalue weighted by Gasteiger charge is -2.03. The standard InChI is InChI=1S/C11H12F2O2/c1-15-7-9(14)6-5-8-3-2-4-10(12)11(8)13/h2-4H,5-7H2,1H3. The number of benzene rings is 1. The first-order chi connectivity index (χ1) is 7.15. The highest BCUT2D eigenvalue weighted by Crippen LogP contribution is 2.13. The van der Waals surface area contributed by atoms with Gasteiger partial charge in [-0.3, -0.25) is 4.79 Å². The number of halogens is 2. The molecule has 0 aliphatic carbocycles. The summed E-state index contributed by atoms with van der Waals surface area (Å²) in [5.41, 5.74) is 0.222. The maximum Gasteiger partial charge on any atom is 0.162 e. The van der Waals surface area contributed by atoms with Gasteiger partial charge in [-0.05, 0) is 18.1 Å². The van der Waals surface area contributed by atoms with Crippen LogP contribution in [0.15, 0.2) is 18.2 Å². The number of rotatable bonds is 5. The van der Waals surface area contributed by atoms with Crippen LogP contribution in [0.5, 0.6) is 0 Å². The van der Waals surface area contributed by atoms with Crippen molar-refractivity contribution in [3.8, 4) is 0 Å². The number of ether oxygens (including phenoxy) is 1. The first kappa shape index (κ1) is 11.8. The van der Waals surface area contributed by atoms with Gasteiger partial charge in [-0.2, -0.15) is 0 Å². The Balaban J connectivity index is 2.58. The molecule has 0 atom stereocenters. The molecule has 1 rings (SSSR count). The molecule has 82 valence electrons. The number of ketones is 1. The third-order valence-corrected chi connectivity index (χ3v) is 2.01. The maximum absolute atomic E-state index is 13.1. The van der Waals surface area contributed by atoms with Gasteiger partial charge in [0.1, 0.15) is 6.61 Å². The zero-order valence-electron chi connectivity index (χ0n) is 8.43. The highest BCUT2D eigenvalue weighted by atomic mass is 19.2. The molecule has 0 fully saturated rings. The smallest absolute Gasteiger partial charge is 0.162 e. The van der Waals surface area contributed by atoms with Gasteiger partial charge in [0.25, 0.3) is 0 Å². The summed E-state index contributed by atoms with van der Waals surface area (Å²) in [5.74, 6) is -1.88. The van der Waals surface area contributed by atoms with E-state index in [0.29, 0.717) is 0 Å². The van der Waals surface area contributed by atoms with E-state index in [1.807, 2.05) is 0 Å². The molecule has 0 heterocycles. The van der Waals surface area contributed by atoms with Crippen molar-refractivity contribution in [3.05, 3.63) is 35.4 Å². The van der Waals surface area contributed by atoms with Gasteiger partial charge in [0.2, 0.25) is 0 Å². The molecule has 0 N–H and O–H groups in total. The van der Waals surface area contributed by atoms with E-state index in [9.17, 15) is 13.6 Å². The van der Waals surface area contributed by atoms with Gasteiger partial charge in [-0.1, -0.05) is 12.1 Å². The van der Waals surface area contributed by atoms with Crippen LogP contribution >= 0.6 is 0 Å². The number of aryl methyl sites for hydroxylation is 1. The van der Waals surface area contributed by atoms with E-state index in [-0.39, 0.29) is 30.8 Å². The average molecular weight is 214 g/mol. The molecule has 0 radical (unpaired) electrons. The first-order valence-corrected chi connectivity index (χ1v) is 4.58. The minimum Gasteiger partial charge on any atom is -0.377 e. The summed E-state index contributed by atoms with van der Waals surface area (Å²) in [5, 5.41) is 0. The molecule has 0 amide bonds. The molecule has 0 aromatic heterocycles. The molecule has 0 saturated carbocycles. The lowest BCUT2D eigenvalue weighted by molar-refractivity contribution is -0.122. The van der Waals surface area contributed by atoms with Crippen molar-refractivity contribution in [2.45, 2.75) is 12.8 Å². The zero-order valence-corrected chi connectivity index (χ0v) is 8.43. The third-order valence-electron chi connectivity index (χ3n) is 2.01. The van der Waals surface area contributed by atoms with Gasteiger partial charge < -0.3 is 4.74 Å². The third kappa shape index (κ3) is 3.40. The molecular formula is C11H12F2O2. The van der Waals surface area contributed by atoms with Gasteiger partial charge in [0, 0.05) is 13.5 Å². The van der Waals surface area contributed by atoms with E-state index in [4.69, 9.17) is 0 Å². The number of hydrogen-bond donors (Lipinski definition) is 0. The Morgan fingerprint density at radius 1 is 1.40 bits per heavy atom. The second-order valence-electron chi connectivity index (χ2n) is 3.18. The van der Waals surface area contributed by atoms with E-state index in [2.05, 4.69) is 4.74 Å². The molecular weight excluding hydrogens is 202 g/mol. The van der Waals surface area contributed by atoms with E-state index >= 15 is 0 Å². The van der Waals surface area contributed by atoms with Crippen LogP contribution in [0.4, 0.5) is 8.78 Å². The zero-order chi connectivity index (χ0) is 11.3. The summed E-state index contributed by atoms with van der Waals surface area (Å²) in [7, 11) is 1.42. The van der Waals surface area contributed by atoms with Crippen molar-refractivity contribution in [3.63, 3.8) is 0 Å². The minimum atomic E-state index is -0.883. The molecule has 0 saturated heterocycles. The van der Waals surface area contributed by atoms with Crippen LogP contribution in [0.1, 0.15) is 12.0 Å². The summed E-state index contributed by atoms with van der Waals surface area (Å²) in [6.07, 6.45) is 0.361. The van der Waals surface area contributed by atoms with Crippen molar-refractivity contribution in [1.29, 1.82) is 0 Å². The maximum atomic E-state index is 13.1. The van der Waals surface area contributed by atoms with E-state index < -0.39 is 11.6 Å². The number of Topliss-reactive ketones (excluding diaryl/α,β-unsaturated/α-hetero) is 1. The van der Waals surface area contributed by atoms with Crippen molar-refractivity contribution in [2.75, 3.05) is 13.7 Å². The van der Waals surface area contributed by atoms with E-state index in [1.54, 1.807) is 0 Å². The molecule has 0 aliphatic heterocycles. The Hall–Kier alpha value is -1.29. The second kappa shape index (κ2) is 5.56. The normalized spacial score (nSPS) is 10.3. The Morgan fingerprint density at radius 3 is 2.80 bits per heavy atom. The molecule has 15 heavy (non-hydrogen) atoms. The number of carbonyl (C=O) groups excluding carboxylic acids is 1. The number of methoxy groups -OCH3 is 1. The van der Waals surface area contributed by atoms with Crippen LogP contribution in [0.3, 0.4) is 0 Å². The van der Waals surface area contributed by atoms with Crippen LogP contribution in [0, 0.1) is 11.6 Å². The van der Waals surface area contributed by atoms with Crippen molar-refractivity contribution < 1.29 is 18.3 Å². The summed E-state index contributed by atoms with van der Waals surface area (Å²) in [6.45, 7) is 0.0108. The molecule has 4 heteroatoms. The van der Waals surface area contributed by atoms with Crippen LogP contribution in [-0.4, -0.2) is 19.5 Å². The average Bonchev–Trinajstić information content (AvgIpc) is 2.21. The van der Waals surface area contributed by atoms with Gasteiger partial charge >= 0.3 is 0 Å². The van der Waals surface area contributed by atoms with Crippen LogP contribution in [0.2, 0.25) is 0 Å². The van der Waals surface area contributed by atoms with E-state index in [0.717, 1.165) is 6.07 Å². The van der Waals surface area contributed by atoms with Crippen LogP contribution in [-0.2, 0) is 16.0 Å². The molecule has 0 unspecified atom stereocenters. The summed E-state index contributed by atoms with van der Waals surface area (Å²) in [6, 6.07) is 3.95. The molecule has 0 bridgehead atoms. The van der Waals surface area contributed by atoms with Crippen molar-refractivity contribution in [1.82, 2.24) is 0 Å². The lowest BCUT2D eigenvalue weighted by atomic mass is 10.1. The molecule has 2 nitrogen and oxygen atoms in total. The highest BCUT2D eigenvalue weighted by Gasteiger charge is 2.09. The predicted molar refractivity (Wildman–Crippen MR) is 51.6 cm³/mol. The van der Waals surface area contributed by atoms with Crippen molar-refractivity contribution in [2.24, 2.45) is 0 Å². The SMILES string of the molecule is COCC(=O)CCc1cccc(F)c1F. The monoisotopic (exact) mass is 214 g/mol. The van der Waals surface area contributed by atoms with Gasteiger partial charge in [-0.15, -0.1) is 0 Å². The largest absolute Gasteiger partial charge is 0.377 e. The minimum absolute atomic E-state index is 0.0108. The molecule has 1 aromatic carbocycles. The first-order valence-electron chi connectivity index (χ1n) is 4.58. The predicted octanol–water partition coefficient (Wildman–Crippen LogP) is 2.11. The lowest BCUT2D eigenvalue weighted by Crippen LogP contribution is -2.08. The highest BCUT2D eigenvalue weighted by molar-refractivity contribution is 5.79. The van der Waals surface area contributed by atoms with Gasteiger partial charge in [0.05, 0.1) is 0 Å². The number of hydrogen-bond acceptors (Lipinski definition) is 2. The van der Waals surface area contributed by atoms with Gasteiger partial charge in [-0.25, -0.2) is 8.78 Å². The van der Waals surface area contributed by atoms with Gasteiger partial charge in [0.15, 0.2) is 17.4 Å². The Labute approximate surface area is 86.9 Å². The fraction of sp³-hybridized carbons (Fsp3) is 0.364. The molecule has 0 aliphatic rings. The summed E-state index contributed by atoms with van der Waals surface area (Å²) < 4.78 is 30.5. The molecule has 0 spiro atoms. The van der Waals surface area contributed by atoms with Crippen molar-refractivity contribution >= 4 is 5.78 Å². The Morgan fingerprint density at radius 2 is 2.13 bits per heavy atom. The summed E-state index contributed by atoms with van der Waals surface area (Å²) >= 11 is 0. The second-order valence-corrected chi connectivity index (χ2v) is 3.18. The fourth-order valence-corrected chi connectivity index (χ4v) is 1.25. The fourth-order valence-electron chi connectivity index (χ4n) is 1.25. The quantitative estimate of drug-likeness (QED) is 0.750. The topological polar surface area (TPSA) is 26.3 Å².